The Morgan fingerprint density at radius 3 is 2.68 bits per heavy atom. The van der Waals surface area contributed by atoms with E-state index in [-0.39, 0.29) is 30.0 Å². The number of carbonyl (C=O) groups is 2. The molecule has 1 fully saturated rings. The molecule has 1 unspecified atom stereocenters. The molecule has 6 heteroatoms. The number of nitrogens with one attached hydrogen (secondary N) is 2. The summed E-state index contributed by atoms with van der Waals surface area (Å²) in [7, 11) is 0. The Morgan fingerprint density at radius 2 is 2.11 bits per heavy atom. The average molecular weight is 271 g/mol. The summed E-state index contributed by atoms with van der Waals surface area (Å²) in [5.74, 6) is -0.332. The first-order valence-electron chi connectivity index (χ1n) is 6.76. The third kappa shape index (κ3) is 5.57. The number of nitrogens with zero attached hydrogens (tertiary/aromatic N) is 1. The van der Waals surface area contributed by atoms with E-state index in [1.54, 1.807) is 6.92 Å². The fourth-order valence-corrected chi connectivity index (χ4v) is 2.05. The van der Waals surface area contributed by atoms with Crippen LogP contribution in [-0.2, 0) is 14.3 Å². The van der Waals surface area contributed by atoms with Crippen LogP contribution in [0.1, 0.15) is 27.7 Å². The summed E-state index contributed by atoms with van der Waals surface area (Å²) in [5, 5.41) is 6.06. The molecule has 0 aromatic carbocycles. The first-order chi connectivity index (χ1) is 8.83. The highest BCUT2D eigenvalue weighted by Gasteiger charge is 2.31. The third-order valence-electron chi connectivity index (χ3n) is 2.77. The van der Waals surface area contributed by atoms with Crippen molar-refractivity contribution in [2.45, 2.75) is 39.3 Å². The Morgan fingerprint density at radius 1 is 1.42 bits per heavy atom. The Hall–Kier alpha value is -1.14. The van der Waals surface area contributed by atoms with E-state index >= 15 is 0 Å². The van der Waals surface area contributed by atoms with E-state index in [2.05, 4.69) is 10.6 Å². The fraction of sp³-hybridized carbons (Fsp3) is 0.846. The van der Waals surface area contributed by atoms with Crippen LogP contribution in [-0.4, -0.2) is 61.1 Å². The number of esters is 1. The molecule has 1 heterocycles. The summed E-state index contributed by atoms with van der Waals surface area (Å²) in [4.78, 5) is 25.6. The monoisotopic (exact) mass is 271 g/mol. The lowest BCUT2D eigenvalue weighted by Crippen LogP contribution is -2.58. The third-order valence-corrected chi connectivity index (χ3v) is 2.77. The first kappa shape index (κ1) is 15.9. The zero-order valence-electron chi connectivity index (χ0n) is 12.3. The average Bonchev–Trinajstić information content (AvgIpc) is 2.27. The Balaban J connectivity index is 2.57. The van der Waals surface area contributed by atoms with Gasteiger partial charge in [-0.15, -0.1) is 0 Å². The van der Waals surface area contributed by atoms with Gasteiger partial charge in [0.25, 0.3) is 0 Å². The molecule has 6 nitrogen and oxygen atoms in total. The van der Waals surface area contributed by atoms with Crippen LogP contribution in [0.4, 0.5) is 0 Å². The molecule has 0 aliphatic carbocycles. The normalized spacial score (nSPS) is 20.9. The molecule has 1 aliphatic heterocycles. The predicted molar refractivity (Wildman–Crippen MR) is 72.8 cm³/mol. The quantitative estimate of drug-likeness (QED) is 0.689. The van der Waals surface area contributed by atoms with Gasteiger partial charge in [0.15, 0.2) is 0 Å². The van der Waals surface area contributed by atoms with Crippen molar-refractivity contribution in [3.05, 3.63) is 0 Å². The van der Waals surface area contributed by atoms with E-state index in [1.807, 2.05) is 25.7 Å². The van der Waals surface area contributed by atoms with Gasteiger partial charge < -0.3 is 15.4 Å². The van der Waals surface area contributed by atoms with Crippen LogP contribution < -0.4 is 10.6 Å². The van der Waals surface area contributed by atoms with Crippen molar-refractivity contribution < 1.29 is 14.3 Å². The van der Waals surface area contributed by atoms with Crippen LogP contribution in [0.2, 0.25) is 0 Å². The van der Waals surface area contributed by atoms with Crippen molar-refractivity contribution in [2.75, 3.05) is 32.8 Å². The summed E-state index contributed by atoms with van der Waals surface area (Å²) in [6.07, 6.45) is 0. The maximum Gasteiger partial charge on any atom is 0.324 e. The standard InChI is InChI=1S/C13H25N3O3/c1-5-19-12(18)10-8-14-6-7-16(10)9-11(17)15-13(2,3)4/h10,14H,5-9H2,1-4H3,(H,15,17). The van der Waals surface area contributed by atoms with Gasteiger partial charge in [-0.3, -0.25) is 14.5 Å². The van der Waals surface area contributed by atoms with Gasteiger partial charge in [0, 0.05) is 25.2 Å². The van der Waals surface area contributed by atoms with Crippen molar-refractivity contribution in [1.82, 2.24) is 15.5 Å². The Bertz CT molecular complexity index is 326. The van der Waals surface area contributed by atoms with E-state index in [0.29, 0.717) is 19.7 Å². The zero-order chi connectivity index (χ0) is 14.5. The summed E-state index contributed by atoms with van der Waals surface area (Å²) >= 11 is 0. The highest BCUT2D eigenvalue weighted by atomic mass is 16.5. The first-order valence-corrected chi connectivity index (χ1v) is 6.76. The molecule has 19 heavy (non-hydrogen) atoms. The van der Waals surface area contributed by atoms with Crippen molar-refractivity contribution >= 4 is 11.9 Å². The van der Waals surface area contributed by atoms with Gasteiger partial charge in [0.05, 0.1) is 13.2 Å². The van der Waals surface area contributed by atoms with Crippen LogP contribution in [0.5, 0.6) is 0 Å². The molecule has 110 valence electrons. The lowest BCUT2D eigenvalue weighted by Gasteiger charge is -2.34. The predicted octanol–water partition coefficient (Wildman–Crippen LogP) is -0.262. The van der Waals surface area contributed by atoms with Gasteiger partial charge in [-0.25, -0.2) is 0 Å². The second-order valence-electron chi connectivity index (χ2n) is 5.74. The highest BCUT2D eigenvalue weighted by Crippen LogP contribution is 2.06. The minimum absolute atomic E-state index is 0.0660. The van der Waals surface area contributed by atoms with Crippen LogP contribution in [0, 0.1) is 0 Å². The summed E-state index contributed by atoms with van der Waals surface area (Å²) in [6, 6.07) is -0.376. The van der Waals surface area contributed by atoms with E-state index in [9.17, 15) is 9.59 Å². The minimum Gasteiger partial charge on any atom is -0.465 e. The molecule has 0 radical (unpaired) electrons. The van der Waals surface area contributed by atoms with Crippen molar-refractivity contribution in [3.8, 4) is 0 Å². The van der Waals surface area contributed by atoms with Crippen LogP contribution in [0.15, 0.2) is 0 Å². The van der Waals surface area contributed by atoms with Crippen LogP contribution in [0.3, 0.4) is 0 Å². The maximum atomic E-state index is 11.9. The Labute approximate surface area is 114 Å². The van der Waals surface area contributed by atoms with E-state index < -0.39 is 0 Å². The molecule has 1 atom stereocenters. The second-order valence-corrected chi connectivity index (χ2v) is 5.74. The maximum absolute atomic E-state index is 11.9. The number of carbonyl (C=O) groups excluding carboxylic acids is 2. The van der Waals surface area contributed by atoms with Crippen LogP contribution in [0.25, 0.3) is 0 Å². The van der Waals surface area contributed by atoms with Gasteiger partial charge in [0.2, 0.25) is 5.91 Å². The molecular formula is C13H25N3O3. The number of rotatable bonds is 4. The smallest absolute Gasteiger partial charge is 0.324 e. The van der Waals surface area contributed by atoms with Gasteiger partial charge in [-0.2, -0.15) is 0 Å². The van der Waals surface area contributed by atoms with E-state index in [4.69, 9.17) is 4.74 Å². The number of amides is 1. The molecule has 0 aromatic rings. The van der Waals surface area contributed by atoms with Gasteiger partial charge in [-0.1, -0.05) is 0 Å². The molecule has 0 bridgehead atoms. The topological polar surface area (TPSA) is 70.7 Å². The molecular weight excluding hydrogens is 246 g/mol. The molecule has 0 spiro atoms. The highest BCUT2D eigenvalue weighted by molar-refractivity contribution is 5.81. The molecule has 1 rings (SSSR count). The minimum atomic E-state index is -0.376. The number of hydrogen-bond donors (Lipinski definition) is 2. The number of ether oxygens (including phenoxy) is 1. The molecule has 1 saturated heterocycles. The van der Waals surface area contributed by atoms with Crippen LogP contribution >= 0.6 is 0 Å². The van der Waals surface area contributed by atoms with Gasteiger partial charge >= 0.3 is 5.97 Å². The van der Waals surface area contributed by atoms with E-state index in [0.717, 1.165) is 6.54 Å². The number of hydrogen-bond acceptors (Lipinski definition) is 5. The molecule has 0 saturated carbocycles. The second kappa shape index (κ2) is 6.86. The molecule has 0 aromatic heterocycles. The largest absolute Gasteiger partial charge is 0.465 e. The number of piperazine rings is 1. The molecule has 2 N–H and O–H groups in total. The SMILES string of the molecule is CCOC(=O)C1CNCCN1CC(=O)NC(C)(C)C. The van der Waals surface area contributed by atoms with Crippen molar-refractivity contribution in [2.24, 2.45) is 0 Å². The van der Waals surface area contributed by atoms with Gasteiger partial charge in [-0.05, 0) is 27.7 Å². The zero-order valence-corrected chi connectivity index (χ0v) is 12.3. The molecule has 1 aliphatic rings. The van der Waals surface area contributed by atoms with Gasteiger partial charge in [0.1, 0.15) is 6.04 Å². The fourth-order valence-electron chi connectivity index (χ4n) is 2.05. The summed E-state index contributed by atoms with van der Waals surface area (Å²) in [6.45, 7) is 10.1. The summed E-state index contributed by atoms with van der Waals surface area (Å²) < 4.78 is 5.04. The lowest BCUT2D eigenvalue weighted by molar-refractivity contribution is -0.150. The van der Waals surface area contributed by atoms with Crippen molar-refractivity contribution in [1.29, 1.82) is 0 Å². The Kier molecular flexibility index (Phi) is 5.75. The van der Waals surface area contributed by atoms with E-state index in [1.165, 1.54) is 0 Å². The molecule has 1 amide bonds. The lowest BCUT2D eigenvalue weighted by atomic mass is 10.1. The van der Waals surface area contributed by atoms with Crippen molar-refractivity contribution in [3.63, 3.8) is 0 Å². The summed E-state index contributed by atoms with van der Waals surface area (Å²) in [5.41, 5.74) is -0.259.